The topological polar surface area (TPSA) is 97.5 Å². The van der Waals surface area contributed by atoms with Gasteiger partial charge in [-0.05, 0) is 56.5 Å². The van der Waals surface area contributed by atoms with E-state index >= 15 is 0 Å². The molecule has 3 heterocycles. The molecule has 2 aliphatic heterocycles. The van der Waals surface area contributed by atoms with Gasteiger partial charge < -0.3 is 25.4 Å². The highest BCUT2D eigenvalue weighted by Crippen LogP contribution is 2.35. The van der Waals surface area contributed by atoms with Gasteiger partial charge in [0.2, 0.25) is 5.91 Å². The molecule has 0 saturated carbocycles. The summed E-state index contributed by atoms with van der Waals surface area (Å²) >= 11 is 0. The summed E-state index contributed by atoms with van der Waals surface area (Å²) in [6, 6.07) is 4.08. The molecule has 1 aromatic heterocycles. The lowest BCUT2D eigenvalue weighted by atomic mass is 9.97. The zero-order valence-electron chi connectivity index (χ0n) is 19.2. The molecule has 33 heavy (non-hydrogen) atoms. The number of carbonyl (C=O) groups is 3. The number of likely N-dealkylation sites (tertiary alicyclic amines) is 1. The number of aromatic amines is 1. The number of amides is 4. The number of urea groups is 1. The predicted molar refractivity (Wildman–Crippen MR) is 125 cm³/mol. The maximum absolute atomic E-state index is 13.7. The molecule has 1 fully saturated rings. The highest BCUT2D eigenvalue weighted by molar-refractivity contribution is 6.34. The summed E-state index contributed by atoms with van der Waals surface area (Å²) in [5, 5.41) is 5.75. The summed E-state index contributed by atoms with van der Waals surface area (Å²) in [6.07, 6.45) is 3.16. The predicted octanol–water partition coefficient (Wildman–Crippen LogP) is 3.60. The minimum absolute atomic E-state index is 0.0954. The number of aryl methyl sites for hydroxylation is 1. The third kappa shape index (κ3) is 4.35. The fourth-order valence-corrected chi connectivity index (χ4v) is 4.43. The van der Waals surface area contributed by atoms with Crippen LogP contribution in [0.1, 0.15) is 35.4 Å². The van der Waals surface area contributed by atoms with Crippen LogP contribution in [0.4, 0.5) is 20.6 Å². The Morgan fingerprint density at radius 3 is 2.76 bits per heavy atom. The van der Waals surface area contributed by atoms with E-state index in [-0.39, 0.29) is 23.8 Å². The van der Waals surface area contributed by atoms with Gasteiger partial charge in [0.15, 0.2) is 0 Å². The number of halogens is 1. The standard InChI is InChI=1S/C24H28FN5O3/c1-13-20(11-18-17-10-16(25)7-8-19(17)27-23(18)32)26-14(2)21(13)28-22(31)15-6-5-9-30(12-15)24(33)29(3)4/h7-8,10-11,15,26H,5-6,9,12H2,1-4H3,(H,27,32)(H,28,31)/b18-11-. The van der Waals surface area contributed by atoms with E-state index in [4.69, 9.17) is 0 Å². The molecule has 1 saturated heterocycles. The number of carbonyl (C=O) groups excluding carboxylic acids is 3. The van der Waals surface area contributed by atoms with E-state index in [0.717, 1.165) is 17.7 Å². The first-order valence-electron chi connectivity index (χ1n) is 10.9. The molecule has 174 valence electrons. The van der Waals surface area contributed by atoms with Gasteiger partial charge in [-0.15, -0.1) is 0 Å². The van der Waals surface area contributed by atoms with Gasteiger partial charge in [-0.3, -0.25) is 9.59 Å². The van der Waals surface area contributed by atoms with Gasteiger partial charge in [-0.1, -0.05) is 0 Å². The Labute approximate surface area is 191 Å². The molecule has 8 nitrogen and oxygen atoms in total. The van der Waals surface area contributed by atoms with Gasteiger partial charge in [0.1, 0.15) is 5.82 Å². The zero-order chi connectivity index (χ0) is 23.9. The van der Waals surface area contributed by atoms with E-state index in [1.54, 1.807) is 25.1 Å². The summed E-state index contributed by atoms with van der Waals surface area (Å²) in [6.45, 7) is 4.72. The van der Waals surface area contributed by atoms with Gasteiger partial charge in [0.25, 0.3) is 5.91 Å². The smallest absolute Gasteiger partial charge is 0.319 e. The van der Waals surface area contributed by atoms with E-state index in [0.29, 0.717) is 47.7 Å². The number of H-pyrrole nitrogens is 1. The van der Waals surface area contributed by atoms with Crippen molar-refractivity contribution in [1.29, 1.82) is 0 Å². The fraction of sp³-hybridized carbons (Fsp3) is 0.375. The second-order valence-electron chi connectivity index (χ2n) is 8.82. The first-order valence-corrected chi connectivity index (χ1v) is 10.9. The van der Waals surface area contributed by atoms with Gasteiger partial charge in [0, 0.05) is 49.8 Å². The van der Waals surface area contributed by atoms with Crippen molar-refractivity contribution in [2.75, 3.05) is 37.8 Å². The maximum Gasteiger partial charge on any atom is 0.319 e. The molecule has 1 unspecified atom stereocenters. The molecule has 0 aliphatic carbocycles. The van der Waals surface area contributed by atoms with Crippen LogP contribution in [0.3, 0.4) is 0 Å². The minimum Gasteiger partial charge on any atom is -0.357 e. The quantitative estimate of drug-likeness (QED) is 0.620. The molecule has 2 aliphatic rings. The second-order valence-corrected chi connectivity index (χ2v) is 8.82. The average Bonchev–Trinajstić information content (AvgIpc) is 3.23. The van der Waals surface area contributed by atoms with Crippen molar-refractivity contribution in [2.24, 2.45) is 5.92 Å². The molecular formula is C24H28FN5O3. The number of anilines is 2. The zero-order valence-corrected chi connectivity index (χ0v) is 19.2. The van der Waals surface area contributed by atoms with Gasteiger partial charge in [0.05, 0.1) is 17.2 Å². The summed E-state index contributed by atoms with van der Waals surface area (Å²) in [5.41, 5.74) is 4.28. The first-order chi connectivity index (χ1) is 15.7. The van der Waals surface area contributed by atoms with Crippen LogP contribution in [0.2, 0.25) is 0 Å². The van der Waals surface area contributed by atoms with E-state index < -0.39 is 5.82 Å². The molecule has 1 atom stereocenters. The van der Waals surface area contributed by atoms with Crippen molar-refractivity contribution in [2.45, 2.75) is 26.7 Å². The van der Waals surface area contributed by atoms with Gasteiger partial charge in [-0.25, -0.2) is 9.18 Å². The number of fused-ring (bicyclic) bond motifs is 1. The molecule has 4 rings (SSSR count). The molecule has 0 spiro atoms. The maximum atomic E-state index is 13.7. The van der Waals surface area contributed by atoms with E-state index in [2.05, 4.69) is 15.6 Å². The molecule has 0 radical (unpaired) electrons. The molecular weight excluding hydrogens is 425 g/mol. The second kappa shape index (κ2) is 8.73. The average molecular weight is 454 g/mol. The number of nitrogens with one attached hydrogen (secondary N) is 3. The van der Waals surface area contributed by atoms with Crippen molar-refractivity contribution in [3.63, 3.8) is 0 Å². The molecule has 4 amide bonds. The summed E-state index contributed by atoms with van der Waals surface area (Å²) in [7, 11) is 3.40. The summed E-state index contributed by atoms with van der Waals surface area (Å²) in [5.74, 6) is -1.16. The van der Waals surface area contributed by atoms with Crippen LogP contribution < -0.4 is 10.6 Å². The number of benzene rings is 1. The lowest BCUT2D eigenvalue weighted by Crippen LogP contribution is -2.47. The van der Waals surface area contributed by atoms with Crippen LogP contribution in [0.15, 0.2) is 18.2 Å². The molecule has 2 aromatic rings. The molecule has 9 heteroatoms. The van der Waals surface area contributed by atoms with Crippen LogP contribution in [-0.4, -0.2) is 59.8 Å². The van der Waals surface area contributed by atoms with Crippen molar-refractivity contribution in [3.05, 3.63) is 46.5 Å². The number of piperidine rings is 1. The largest absolute Gasteiger partial charge is 0.357 e. The molecule has 0 bridgehead atoms. The molecule has 1 aromatic carbocycles. The lowest BCUT2D eigenvalue weighted by molar-refractivity contribution is -0.121. The van der Waals surface area contributed by atoms with Crippen molar-refractivity contribution in [1.82, 2.24) is 14.8 Å². The Hall–Kier alpha value is -3.62. The van der Waals surface area contributed by atoms with Crippen molar-refractivity contribution >= 4 is 40.9 Å². The number of nitrogens with zero attached hydrogens (tertiary/aromatic N) is 2. The van der Waals surface area contributed by atoms with E-state index in [1.807, 2.05) is 13.8 Å². The first kappa shape index (κ1) is 22.6. The summed E-state index contributed by atoms with van der Waals surface area (Å²) in [4.78, 5) is 44.2. The highest BCUT2D eigenvalue weighted by Gasteiger charge is 2.30. The normalized spacial score (nSPS) is 18.8. The number of hydrogen-bond acceptors (Lipinski definition) is 3. The van der Waals surface area contributed by atoms with Crippen LogP contribution in [0.5, 0.6) is 0 Å². The Kier molecular flexibility index (Phi) is 5.97. The Morgan fingerprint density at radius 1 is 1.27 bits per heavy atom. The van der Waals surface area contributed by atoms with Crippen molar-refractivity contribution in [3.8, 4) is 0 Å². The fourth-order valence-electron chi connectivity index (χ4n) is 4.43. The van der Waals surface area contributed by atoms with Crippen LogP contribution in [0.25, 0.3) is 11.6 Å². The lowest BCUT2D eigenvalue weighted by Gasteiger charge is -2.33. The van der Waals surface area contributed by atoms with E-state index in [9.17, 15) is 18.8 Å². The van der Waals surface area contributed by atoms with E-state index in [1.165, 1.54) is 23.1 Å². The number of aromatic nitrogens is 1. The molecule has 3 N–H and O–H groups in total. The highest BCUT2D eigenvalue weighted by atomic mass is 19.1. The third-order valence-electron chi connectivity index (χ3n) is 6.22. The SMILES string of the molecule is Cc1[nH]c(/C=C2\C(=O)Nc3ccc(F)cc32)c(C)c1NC(=O)C1CCCN(C(=O)N(C)C)C1. The Morgan fingerprint density at radius 2 is 2.03 bits per heavy atom. The van der Waals surface area contributed by atoms with Crippen molar-refractivity contribution < 1.29 is 18.8 Å². The van der Waals surface area contributed by atoms with Gasteiger partial charge in [-0.2, -0.15) is 0 Å². The third-order valence-corrected chi connectivity index (χ3v) is 6.22. The number of hydrogen-bond donors (Lipinski definition) is 3. The Balaban J connectivity index is 1.55. The minimum atomic E-state index is -0.419. The van der Waals surface area contributed by atoms with Crippen LogP contribution in [0, 0.1) is 25.6 Å². The monoisotopic (exact) mass is 453 g/mol. The number of rotatable bonds is 3. The van der Waals surface area contributed by atoms with Gasteiger partial charge >= 0.3 is 6.03 Å². The van der Waals surface area contributed by atoms with Crippen LogP contribution in [-0.2, 0) is 9.59 Å². The van der Waals surface area contributed by atoms with Crippen LogP contribution >= 0.6 is 0 Å². The Bertz CT molecular complexity index is 1170. The summed E-state index contributed by atoms with van der Waals surface area (Å²) < 4.78 is 13.7.